The molecular weight excluding hydrogens is 197 g/mol. The quantitative estimate of drug-likeness (QED) is 0.814. The number of aromatic nitrogens is 2. The summed E-state index contributed by atoms with van der Waals surface area (Å²) in [5, 5.41) is 9.12. The number of hydrogen-bond acceptors (Lipinski definition) is 4. The molecule has 1 rings (SSSR count). The lowest BCUT2D eigenvalue weighted by Crippen LogP contribution is -2.24. The molecule has 1 aromatic heterocycles. The van der Waals surface area contributed by atoms with Crippen LogP contribution < -0.4 is 4.90 Å². The molecule has 0 aliphatic carbocycles. The van der Waals surface area contributed by atoms with Gasteiger partial charge < -0.3 is 10.0 Å². The Labute approximate surface area is 88.8 Å². The van der Waals surface area contributed by atoms with E-state index < -0.39 is 11.9 Å². The van der Waals surface area contributed by atoms with Crippen LogP contribution in [0.25, 0.3) is 0 Å². The monoisotopic (exact) mass is 213 g/mol. The Morgan fingerprint density at radius 3 is 2.80 bits per heavy atom. The Bertz CT molecular complexity index is 330. The Balaban J connectivity index is 2.73. The molecule has 0 aliphatic rings. The van der Waals surface area contributed by atoms with Crippen LogP contribution in [0.5, 0.6) is 0 Å². The molecule has 84 valence electrons. The lowest BCUT2D eigenvalue weighted by atomic mass is 10.2. The lowest BCUT2D eigenvalue weighted by Gasteiger charge is -2.19. The number of rotatable bonds is 4. The maximum absolute atomic E-state index is 13.5. The number of aliphatic hydroxyl groups is 1. The van der Waals surface area contributed by atoms with Crippen molar-refractivity contribution in [2.45, 2.75) is 26.4 Å². The highest BCUT2D eigenvalue weighted by molar-refractivity contribution is 5.39. The third-order valence-corrected chi connectivity index (χ3v) is 2.19. The van der Waals surface area contributed by atoms with Crippen LogP contribution in [-0.4, -0.2) is 34.8 Å². The molecule has 1 N–H and O–H groups in total. The van der Waals surface area contributed by atoms with Gasteiger partial charge in [-0.1, -0.05) is 0 Å². The molecule has 4 nitrogen and oxygen atoms in total. The Morgan fingerprint density at radius 1 is 1.53 bits per heavy atom. The van der Waals surface area contributed by atoms with Crippen LogP contribution in [0.3, 0.4) is 0 Å². The van der Waals surface area contributed by atoms with Gasteiger partial charge in [0, 0.05) is 13.6 Å². The van der Waals surface area contributed by atoms with Crippen molar-refractivity contribution in [1.82, 2.24) is 9.97 Å². The molecule has 0 radical (unpaired) electrons. The second kappa shape index (κ2) is 5.02. The van der Waals surface area contributed by atoms with Crippen LogP contribution in [0.1, 0.15) is 19.0 Å². The second-order valence-corrected chi connectivity index (χ2v) is 3.66. The summed E-state index contributed by atoms with van der Waals surface area (Å²) in [6.45, 7) is 3.86. The highest BCUT2D eigenvalue weighted by Crippen LogP contribution is 2.15. The van der Waals surface area contributed by atoms with Crippen molar-refractivity contribution in [3.05, 3.63) is 17.8 Å². The fourth-order valence-electron chi connectivity index (χ4n) is 1.20. The molecule has 0 amide bonds. The predicted octanol–water partition coefficient (Wildman–Crippen LogP) is 1.13. The van der Waals surface area contributed by atoms with Gasteiger partial charge in [-0.15, -0.1) is 0 Å². The molecule has 0 aromatic carbocycles. The largest absolute Gasteiger partial charge is 0.393 e. The summed E-state index contributed by atoms with van der Waals surface area (Å²) in [6.07, 6.45) is 1.53. The first-order chi connectivity index (χ1) is 7.02. The van der Waals surface area contributed by atoms with Gasteiger partial charge in [0.15, 0.2) is 11.6 Å². The van der Waals surface area contributed by atoms with Crippen molar-refractivity contribution in [1.29, 1.82) is 0 Å². The van der Waals surface area contributed by atoms with Crippen LogP contribution in [0, 0.1) is 12.7 Å². The maximum atomic E-state index is 13.5. The summed E-state index contributed by atoms with van der Waals surface area (Å²) >= 11 is 0. The molecule has 0 saturated heterocycles. The first-order valence-corrected chi connectivity index (χ1v) is 4.88. The summed E-state index contributed by atoms with van der Waals surface area (Å²) in [5.74, 6) is -0.117. The van der Waals surface area contributed by atoms with Gasteiger partial charge in [-0.05, 0) is 20.3 Å². The molecule has 0 spiro atoms. The fourth-order valence-corrected chi connectivity index (χ4v) is 1.20. The number of anilines is 1. The molecule has 0 saturated carbocycles. The molecule has 0 bridgehead atoms. The zero-order valence-corrected chi connectivity index (χ0v) is 9.24. The average Bonchev–Trinajstić information content (AvgIpc) is 2.18. The van der Waals surface area contributed by atoms with E-state index in [1.807, 2.05) is 0 Å². The third-order valence-electron chi connectivity index (χ3n) is 2.19. The SMILES string of the molecule is Cc1ncnc(N(C)CCC(C)O)c1F. The van der Waals surface area contributed by atoms with Gasteiger partial charge in [-0.2, -0.15) is 0 Å². The van der Waals surface area contributed by atoms with Crippen LogP contribution in [0.15, 0.2) is 6.33 Å². The van der Waals surface area contributed by atoms with Crippen LogP contribution in [0.4, 0.5) is 10.2 Å². The number of aliphatic hydroxyl groups excluding tert-OH is 1. The van der Waals surface area contributed by atoms with E-state index in [0.717, 1.165) is 0 Å². The van der Waals surface area contributed by atoms with Gasteiger partial charge >= 0.3 is 0 Å². The summed E-state index contributed by atoms with van der Waals surface area (Å²) in [5.41, 5.74) is 0.337. The molecule has 0 fully saturated rings. The summed E-state index contributed by atoms with van der Waals surface area (Å²) < 4.78 is 13.5. The zero-order chi connectivity index (χ0) is 11.4. The molecule has 1 atom stereocenters. The fraction of sp³-hybridized carbons (Fsp3) is 0.600. The second-order valence-electron chi connectivity index (χ2n) is 3.66. The van der Waals surface area contributed by atoms with Crippen molar-refractivity contribution in [3.8, 4) is 0 Å². The van der Waals surface area contributed by atoms with E-state index in [2.05, 4.69) is 9.97 Å². The van der Waals surface area contributed by atoms with Crippen molar-refractivity contribution in [3.63, 3.8) is 0 Å². The van der Waals surface area contributed by atoms with E-state index >= 15 is 0 Å². The minimum Gasteiger partial charge on any atom is -0.393 e. The molecule has 15 heavy (non-hydrogen) atoms. The smallest absolute Gasteiger partial charge is 0.186 e. The number of halogens is 1. The first kappa shape index (κ1) is 11.8. The van der Waals surface area contributed by atoms with Crippen LogP contribution in [-0.2, 0) is 0 Å². The van der Waals surface area contributed by atoms with Crippen LogP contribution in [0.2, 0.25) is 0 Å². The van der Waals surface area contributed by atoms with Gasteiger partial charge in [0.2, 0.25) is 0 Å². The summed E-state index contributed by atoms with van der Waals surface area (Å²) in [4.78, 5) is 9.31. The molecule has 1 aromatic rings. The predicted molar refractivity (Wildman–Crippen MR) is 56.3 cm³/mol. The summed E-state index contributed by atoms with van der Waals surface area (Å²) in [7, 11) is 1.74. The van der Waals surface area contributed by atoms with Crippen LogP contribution >= 0.6 is 0 Å². The van der Waals surface area contributed by atoms with E-state index in [1.165, 1.54) is 6.33 Å². The van der Waals surface area contributed by atoms with E-state index in [9.17, 15) is 4.39 Å². The average molecular weight is 213 g/mol. The van der Waals surface area contributed by atoms with Crippen molar-refractivity contribution in [2.75, 3.05) is 18.5 Å². The molecular formula is C10H16FN3O. The van der Waals surface area contributed by atoms with Gasteiger partial charge in [-0.3, -0.25) is 0 Å². The van der Waals surface area contributed by atoms with E-state index in [-0.39, 0.29) is 5.82 Å². The third kappa shape index (κ3) is 3.13. The molecule has 1 heterocycles. The first-order valence-electron chi connectivity index (χ1n) is 4.88. The van der Waals surface area contributed by atoms with Crippen molar-refractivity contribution in [2.24, 2.45) is 0 Å². The molecule has 5 heteroatoms. The van der Waals surface area contributed by atoms with Crippen molar-refractivity contribution < 1.29 is 9.50 Å². The molecule has 0 aliphatic heterocycles. The number of aryl methyl sites for hydroxylation is 1. The topological polar surface area (TPSA) is 49.2 Å². The Hall–Kier alpha value is -1.23. The van der Waals surface area contributed by atoms with Gasteiger partial charge in [0.25, 0.3) is 0 Å². The highest BCUT2D eigenvalue weighted by Gasteiger charge is 2.12. The maximum Gasteiger partial charge on any atom is 0.186 e. The van der Waals surface area contributed by atoms with Gasteiger partial charge in [-0.25, -0.2) is 14.4 Å². The summed E-state index contributed by atoms with van der Waals surface area (Å²) in [6, 6.07) is 0. The standard InChI is InChI=1S/C10H16FN3O/c1-7(15)4-5-14(3)10-9(11)8(2)12-6-13-10/h6-7,15H,4-5H2,1-3H3. The number of nitrogens with zero attached hydrogens (tertiary/aromatic N) is 3. The van der Waals surface area contributed by atoms with E-state index in [1.54, 1.807) is 25.8 Å². The lowest BCUT2D eigenvalue weighted by molar-refractivity contribution is 0.186. The van der Waals surface area contributed by atoms with Crippen molar-refractivity contribution >= 4 is 5.82 Å². The van der Waals surface area contributed by atoms with Gasteiger partial charge in [0.1, 0.15) is 6.33 Å². The Kier molecular flexibility index (Phi) is 3.96. The normalized spacial score (nSPS) is 12.6. The van der Waals surface area contributed by atoms with E-state index in [4.69, 9.17) is 5.11 Å². The van der Waals surface area contributed by atoms with Gasteiger partial charge in [0.05, 0.1) is 11.8 Å². The minimum absolute atomic E-state index is 0.281. The molecule has 1 unspecified atom stereocenters. The van der Waals surface area contributed by atoms with E-state index in [0.29, 0.717) is 18.7 Å². The zero-order valence-electron chi connectivity index (χ0n) is 9.24. The minimum atomic E-state index is -0.398. The number of hydrogen-bond donors (Lipinski definition) is 1. The Morgan fingerprint density at radius 2 is 2.20 bits per heavy atom. The highest BCUT2D eigenvalue weighted by atomic mass is 19.1.